The summed E-state index contributed by atoms with van der Waals surface area (Å²) in [6, 6.07) is 8.38. The van der Waals surface area contributed by atoms with Gasteiger partial charge in [0.2, 0.25) is 0 Å². The van der Waals surface area contributed by atoms with Gasteiger partial charge in [-0.25, -0.2) is 4.98 Å². The summed E-state index contributed by atoms with van der Waals surface area (Å²) in [6.07, 6.45) is 3.93. The lowest BCUT2D eigenvalue weighted by Crippen LogP contribution is -2.62. The minimum Gasteiger partial charge on any atom is -0.432 e. The fraction of sp³-hybridized carbons (Fsp3) is 0.474. The number of carbonyl (C=O) groups is 1. The van der Waals surface area contributed by atoms with Crippen molar-refractivity contribution in [1.82, 2.24) is 15.2 Å². The van der Waals surface area contributed by atoms with Crippen LogP contribution in [-0.2, 0) is 0 Å². The van der Waals surface area contributed by atoms with Crippen molar-refractivity contribution in [3.63, 3.8) is 0 Å². The van der Waals surface area contributed by atoms with Crippen molar-refractivity contribution in [1.29, 1.82) is 0 Å². The van der Waals surface area contributed by atoms with E-state index in [-0.39, 0.29) is 17.8 Å². The lowest BCUT2D eigenvalue weighted by molar-refractivity contribution is 0.0210. The van der Waals surface area contributed by atoms with Gasteiger partial charge in [-0.3, -0.25) is 9.69 Å². The Morgan fingerprint density at radius 3 is 2.84 bits per heavy atom. The van der Waals surface area contributed by atoms with Crippen LogP contribution in [0, 0.1) is 5.92 Å². The van der Waals surface area contributed by atoms with Gasteiger partial charge in [0.05, 0.1) is 6.20 Å². The molecule has 3 aliphatic heterocycles. The highest BCUT2D eigenvalue weighted by atomic mass is 16.4. The second-order valence-corrected chi connectivity index (χ2v) is 6.97. The van der Waals surface area contributed by atoms with Crippen LogP contribution in [0.3, 0.4) is 0 Å². The first-order valence-corrected chi connectivity index (χ1v) is 8.94. The minimum atomic E-state index is -0.221. The molecule has 0 spiro atoms. The van der Waals surface area contributed by atoms with Crippen LogP contribution in [0.5, 0.6) is 0 Å². The number of amides is 1. The van der Waals surface area contributed by atoms with E-state index in [1.165, 1.54) is 0 Å². The summed E-state index contributed by atoms with van der Waals surface area (Å²) in [6.45, 7) is 4.48. The molecule has 2 unspecified atom stereocenters. The predicted octanol–water partition coefficient (Wildman–Crippen LogP) is 2.60. The van der Waals surface area contributed by atoms with E-state index in [9.17, 15) is 4.79 Å². The number of hydrogen-bond acceptors (Lipinski definition) is 5. The average Bonchev–Trinajstić information content (AvgIpc) is 3.15. The van der Waals surface area contributed by atoms with E-state index in [0.717, 1.165) is 37.2 Å². The summed E-state index contributed by atoms with van der Waals surface area (Å²) in [7, 11) is 1.87. The second kappa shape index (κ2) is 6.52. The molecule has 1 amide bonds. The molecule has 0 aliphatic carbocycles. The molecule has 132 valence electrons. The molecule has 3 aliphatic rings. The molecule has 1 aromatic carbocycles. The van der Waals surface area contributed by atoms with Crippen LogP contribution in [0.1, 0.15) is 30.5 Å². The van der Waals surface area contributed by atoms with Gasteiger partial charge in [-0.1, -0.05) is 12.1 Å². The Kier molecular flexibility index (Phi) is 4.21. The fourth-order valence-corrected chi connectivity index (χ4v) is 4.10. The highest BCUT2D eigenvalue weighted by Crippen LogP contribution is 2.32. The molecular weight excluding hydrogens is 316 g/mol. The number of piperidine rings is 3. The highest BCUT2D eigenvalue weighted by Gasteiger charge is 2.40. The van der Waals surface area contributed by atoms with Crippen molar-refractivity contribution in [3.05, 3.63) is 36.4 Å². The number of benzene rings is 1. The van der Waals surface area contributed by atoms with Crippen molar-refractivity contribution in [3.8, 4) is 11.3 Å². The first kappa shape index (κ1) is 16.1. The third-order valence-corrected chi connectivity index (χ3v) is 5.61. The molecule has 2 atom stereocenters. The first-order valence-electron chi connectivity index (χ1n) is 8.94. The first-order chi connectivity index (χ1) is 12.2. The van der Waals surface area contributed by atoms with Crippen LogP contribution in [0.2, 0.25) is 0 Å². The molecule has 0 radical (unpaired) electrons. The van der Waals surface area contributed by atoms with Gasteiger partial charge in [0.15, 0.2) is 5.76 Å². The minimum absolute atomic E-state index is 0.133. The van der Waals surface area contributed by atoms with Crippen LogP contribution < -0.4 is 10.6 Å². The lowest BCUT2D eigenvalue weighted by Gasteiger charge is -2.49. The number of fused-ring (bicyclic) bond motifs is 3. The van der Waals surface area contributed by atoms with Gasteiger partial charge < -0.3 is 15.1 Å². The Bertz CT molecular complexity index is 762. The van der Waals surface area contributed by atoms with Crippen LogP contribution in [0.25, 0.3) is 11.3 Å². The SMILES string of the molecule is CNc1cccc(-c2cnc(C(=O)NC3C4CCN(CC4)C3C)o2)c1. The second-order valence-electron chi connectivity index (χ2n) is 6.97. The molecule has 3 fully saturated rings. The maximum Gasteiger partial charge on any atom is 0.307 e. The Balaban J connectivity index is 1.49. The summed E-state index contributed by atoms with van der Waals surface area (Å²) < 4.78 is 5.72. The number of rotatable bonds is 4. The fourth-order valence-electron chi connectivity index (χ4n) is 4.10. The Morgan fingerprint density at radius 1 is 1.32 bits per heavy atom. The Morgan fingerprint density at radius 2 is 2.12 bits per heavy atom. The predicted molar refractivity (Wildman–Crippen MR) is 96.5 cm³/mol. The van der Waals surface area contributed by atoms with Crippen LogP contribution >= 0.6 is 0 Å². The maximum atomic E-state index is 12.6. The normalized spacial score (nSPS) is 27.9. The van der Waals surface area contributed by atoms with Gasteiger partial charge in [0.1, 0.15) is 0 Å². The quantitative estimate of drug-likeness (QED) is 0.895. The molecule has 2 aromatic rings. The number of nitrogens with zero attached hydrogens (tertiary/aromatic N) is 2. The van der Waals surface area contributed by atoms with E-state index in [1.54, 1.807) is 6.20 Å². The van der Waals surface area contributed by atoms with Gasteiger partial charge in [-0.05, 0) is 50.9 Å². The van der Waals surface area contributed by atoms with Gasteiger partial charge >= 0.3 is 5.91 Å². The Labute approximate surface area is 147 Å². The van der Waals surface area contributed by atoms with Gasteiger partial charge in [-0.15, -0.1) is 0 Å². The van der Waals surface area contributed by atoms with E-state index in [2.05, 4.69) is 27.4 Å². The molecule has 4 heterocycles. The number of hydrogen-bond donors (Lipinski definition) is 2. The third-order valence-electron chi connectivity index (χ3n) is 5.61. The summed E-state index contributed by atoms with van der Waals surface area (Å²) >= 11 is 0. The van der Waals surface area contributed by atoms with Crippen LogP contribution in [0.15, 0.2) is 34.9 Å². The molecular formula is C19H24N4O2. The summed E-state index contributed by atoms with van der Waals surface area (Å²) in [5, 5.41) is 6.25. The molecule has 1 aromatic heterocycles. The smallest absolute Gasteiger partial charge is 0.307 e. The maximum absolute atomic E-state index is 12.6. The molecule has 3 saturated heterocycles. The van der Waals surface area contributed by atoms with E-state index >= 15 is 0 Å². The number of aromatic nitrogens is 1. The highest BCUT2D eigenvalue weighted by molar-refractivity contribution is 5.90. The lowest BCUT2D eigenvalue weighted by atomic mass is 9.79. The molecule has 2 bridgehead atoms. The summed E-state index contributed by atoms with van der Waals surface area (Å²) in [5.41, 5.74) is 1.88. The van der Waals surface area contributed by atoms with Crippen molar-refractivity contribution in [2.75, 3.05) is 25.5 Å². The van der Waals surface area contributed by atoms with Gasteiger partial charge in [-0.2, -0.15) is 0 Å². The standard InChI is InChI=1S/C19H24N4O2/c1-12-17(13-6-8-23(12)9-7-13)22-18(24)19-21-11-16(25-19)14-4-3-5-15(10-14)20-2/h3-5,10-13,17,20H,6-9H2,1-2H3,(H,22,24). The zero-order valence-corrected chi connectivity index (χ0v) is 14.7. The zero-order valence-electron chi connectivity index (χ0n) is 14.7. The van der Waals surface area contributed by atoms with E-state index in [4.69, 9.17) is 4.42 Å². The number of oxazole rings is 1. The van der Waals surface area contributed by atoms with E-state index in [0.29, 0.717) is 17.7 Å². The van der Waals surface area contributed by atoms with Crippen LogP contribution in [0.4, 0.5) is 5.69 Å². The van der Waals surface area contributed by atoms with Crippen molar-refractivity contribution in [2.45, 2.75) is 31.8 Å². The average molecular weight is 340 g/mol. The van der Waals surface area contributed by atoms with Gasteiger partial charge in [0.25, 0.3) is 5.89 Å². The monoisotopic (exact) mass is 340 g/mol. The molecule has 25 heavy (non-hydrogen) atoms. The molecule has 0 saturated carbocycles. The van der Waals surface area contributed by atoms with Crippen molar-refractivity contribution < 1.29 is 9.21 Å². The molecule has 6 nitrogen and oxygen atoms in total. The largest absolute Gasteiger partial charge is 0.432 e. The Hall–Kier alpha value is -2.34. The molecule has 5 rings (SSSR count). The third kappa shape index (κ3) is 3.02. The van der Waals surface area contributed by atoms with E-state index < -0.39 is 0 Å². The van der Waals surface area contributed by atoms with Crippen molar-refractivity contribution >= 4 is 11.6 Å². The van der Waals surface area contributed by atoms with E-state index in [1.807, 2.05) is 31.3 Å². The number of carbonyl (C=O) groups excluding carboxylic acids is 1. The zero-order chi connectivity index (χ0) is 17.4. The molecule has 6 heteroatoms. The number of nitrogens with one attached hydrogen (secondary N) is 2. The van der Waals surface area contributed by atoms with Crippen molar-refractivity contribution in [2.24, 2.45) is 5.92 Å². The van der Waals surface area contributed by atoms with Gasteiger partial charge in [0, 0.05) is 30.4 Å². The van der Waals surface area contributed by atoms with Crippen LogP contribution in [-0.4, -0.2) is 48.0 Å². The molecule has 2 N–H and O–H groups in total. The number of anilines is 1. The topological polar surface area (TPSA) is 70.4 Å². The summed E-state index contributed by atoms with van der Waals surface area (Å²) in [4.78, 5) is 19.2. The summed E-state index contributed by atoms with van der Waals surface area (Å²) in [5.74, 6) is 1.07.